The number of carbonyl (C=O) groups excluding carboxylic acids is 1. The van der Waals surface area contributed by atoms with Crippen molar-refractivity contribution in [2.24, 2.45) is 0 Å². The third kappa shape index (κ3) is 6.70. The molecule has 6 nitrogen and oxygen atoms in total. The number of para-hydroxylation sites is 1. The van der Waals surface area contributed by atoms with Crippen LogP contribution < -0.4 is 14.8 Å². The molecule has 194 valence electrons. The number of halogens is 3. The zero-order valence-electron chi connectivity index (χ0n) is 20.5. The fourth-order valence-electron chi connectivity index (χ4n) is 3.92. The van der Waals surface area contributed by atoms with Crippen molar-refractivity contribution in [1.82, 2.24) is 10.3 Å². The molecule has 0 radical (unpaired) electrons. The Morgan fingerprint density at radius 2 is 1.95 bits per heavy atom. The maximum absolute atomic E-state index is 12.7. The molecule has 0 aliphatic carbocycles. The van der Waals surface area contributed by atoms with E-state index in [2.05, 4.69) is 26.2 Å². The number of ether oxygens (including phenoxy) is 2. The number of nitriles is 1. The Balaban J connectivity index is 1.47. The van der Waals surface area contributed by atoms with Crippen molar-refractivity contribution in [2.45, 2.75) is 20.0 Å². The third-order valence-corrected chi connectivity index (χ3v) is 6.93. The molecule has 0 aliphatic heterocycles. The first-order chi connectivity index (χ1) is 18.4. The molecular weight excluding hydrogens is 589 g/mol. The molecule has 0 atom stereocenters. The number of H-pyrrole nitrogens is 1. The van der Waals surface area contributed by atoms with Gasteiger partial charge in [-0.3, -0.25) is 4.79 Å². The lowest BCUT2D eigenvalue weighted by atomic mass is 10.1. The molecule has 0 saturated heterocycles. The normalized spacial score (nSPS) is 11.3. The molecule has 9 heteroatoms. The van der Waals surface area contributed by atoms with E-state index in [-0.39, 0.29) is 12.2 Å². The minimum absolute atomic E-state index is 0.0140. The summed E-state index contributed by atoms with van der Waals surface area (Å²) in [5.41, 5.74) is 3.51. The average Bonchev–Trinajstić information content (AvgIpc) is 3.31. The molecule has 0 unspecified atom stereocenters. The summed E-state index contributed by atoms with van der Waals surface area (Å²) in [5, 5.41) is 14.7. The number of nitrogens with zero attached hydrogens (tertiary/aromatic N) is 1. The average molecular weight is 613 g/mol. The monoisotopic (exact) mass is 611 g/mol. The first-order valence-corrected chi connectivity index (χ1v) is 13.4. The Bertz CT molecular complexity index is 1540. The van der Waals surface area contributed by atoms with E-state index in [9.17, 15) is 10.1 Å². The highest BCUT2D eigenvalue weighted by atomic mass is 79.9. The van der Waals surface area contributed by atoms with E-state index in [0.717, 1.165) is 22.0 Å². The van der Waals surface area contributed by atoms with Gasteiger partial charge in [0.1, 0.15) is 18.2 Å². The maximum atomic E-state index is 12.7. The second-order valence-electron chi connectivity index (χ2n) is 8.32. The highest BCUT2D eigenvalue weighted by Crippen LogP contribution is 2.38. The number of aromatic nitrogens is 1. The van der Waals surface area contributed by atoms with E-state index in [1.165, 1.54) is 6.08 Å². The van der Waals surface area contributed by atoms with Gasteiger partial charge in [0.05, 0.1) is 11.1 Å². The van der Waals surface area contributed by atoms with Gasteiger partial charge in [0.25, 0.3) is 5.91 Å². The van der Waals surface area contributed by atoms with E-state index in [1.807, 2.05) is 43.5 Å². The van der Waals surface area contributed by atoms with Crippen LogP contribution in [0.5, 0.6) is 11.5 Å². The van der Waals surface area contributed by atoms with Crippen LogP contribution >= 0.6 is 39.1 Å². The molecule has 0 spiro atoms. The van der Waals surface area contributed by atoms with Gasteiger partial charge in [-0.1, -0.05) is 47.5 Å². The Hall–Kier alpha value is -3.44. The number of amides is 1. The summed E-state index contributed by atoms with van der Waals surface area (Å²) in [4.78, 5) is 16.0. The summed E-state index contributed by atoms with van der Waals surface area (Å²) in [5.74, 6) is 0.506. The molecule has 2 N–H and O–H groups in total. The van der Waals surface area contributed by atoms with Crippen LogP contribution in [0.4, 0.5) is 0 Å². The van der Waals surface area contributed by atoms with Crippen LogP contribution in [0, 0.1) is 11.3 Å². The first-order valence-electron chi connectivity index (χ1n) is 11.9. The number of hydrogen-bond acceptors (Lipinski definition) is 4. The van der Waals surface area contributed by atoms with Gasteiger partial charge in [-0.15, -0.1) is 0 Å². The minimum atomic E-state index is -0.445. The summed E-state index contributed by atoms with van der Waals surface area (Å²) in [6, 6.07) is 18.7. The molecule has 0 fully saturated rings. The lowest BCUT2D eigenvalue weighted by Gasteiger charge is -2.15. The number of aromatic amines is 1. The predicted octanol–water partition coefficient (Wildman–Crippen LogP) is 7.48. The van der Waals surface area contributed by atoms with Crippen LogP contribution in [-0.2, 0) is 17.8 Å². The van der Waals surface area contributed by atoms with Crippen molar-refractivity contribution in [2.75, 3.05) is 13.2 Å². The first kappa shape index (κ1) is 27.6. The molecule has 38 heavy (non-hydrogen) atoms. The Labute approximate surface area is 239 Å². The second-order valence-corrected chi connectivity index (χ2v) is 10.0. The number of fused-ring (bicyclic) bond motifs is 1. The van der Waals surface area contributed by atoms with Crippen LogP contribution in [0.25, 0.3) is 17.0 Å². The summed E-state index contributed by atoms with van der Waals surface area (Å²) in [6.45, 7) is 2.86. The molecule has 0 saturated carbocycles. The molecule has 4 aromatic rings. The minimum Gasteiger partial charge on any atom is -0.490 e. The van der Waals surface area contributed by atoms with Gasteiger partial charge in [0.2, 0.25) is 0 Å². The number of carbonyl (C=O) groups is 1. The topological polar surface area (TPSA) is 87.1 Å². The largest absolute Gasteiger partial charge is 0.490 e. The van der Waals surface area contributed by atoms with Gasteiger partial charge >= 0.3 is 0 Å². The van der Waals surface area contributed by atoms with Crippen molar-refractivity contribution >= 4 is 62.0 Å². The summed E-state index contributed by atoms with van der Waals surface area (Å²) < 4.78 is 12.4. The molecular formula is C29H24BrCl2N3O3. The van der Waals surface area contributed by atoms with E-state index in [1.54, 1.807) is 30.3 Å². The summed E-state index contributed by atoms with van der Waals surface area (Å²) in [7, 11) is 0. The number of rotatable bonds is 10. The maximum Gasteiger partial charge on any atom is 0.261 e. The molecule has 0 bridgehead atoms. The van der Waals surface area contributed by atoms with Crippen molar-refractivity contribution < 1.29 is 14.3 Å². The van der Waals surface area contributed by atoms with Gasteiger partial charge in [0.15, 0.2) is 11.5 Å². The summed E-state index contributed by atoms with van der Waals surface area (Å²) >= 11 is 15.8. The quantitative estimate of drug-likeness (QED) is 0.144. The van der Waals surface area contributed by atoms with Crippen LogP contribution in [-0.4, -0.2) is 24.0 Å². The SMILES string of the molecule is CCOc1cc(/C=C(/C#N)C(=O)NCCc2c[nH]c3ccccc23)cc(Br)c1OCc1ccc(Cl)cc1Cl. The molecule has 3 aromatic carbocycles. The van der Waals surface area contributed by atoms with Crippen molar-refractivity contribution in [1.29, 1.82) is 5.26 Å². The highest BCUT2D eigenvalue weighted by molar-refractivity contribution is 9.10. The smallest absolute Gasteiger partial charge is 0.261 e. The van der Waals surface area contributed by atoms with Gasteiger partial charge < -0.3 is 19.8 Å². The number of benzene rings is 3. The third-order valence-electron chi connectivity index (χ3n) is 5.75. The van der Waals surface area contributed by atoms with Crippen LogP contribution in [0.15, 0.2) is 70.8 Å². The van der Waals surface area contributed by atoms with E-state index < -0.39 is 5.91 Å². The molecule has 4 rings (SSSR count). The van der Waals surface area contributed by atoms with Crippen molar-refractivity contribution in [3.63, 3.8) is 0 Å². The van der Waals surface area contributed by atoms with Gasteiger partial charge in [0, 0.05) is 39.3 Å². The zero-order chi connectivity index (χ0) is 27.1. The standard InChI is InChI=1S/C29H24BrCl2N3O3/c1-2-37-27-13-18(12-24(30)28(27)38-17-20-7-8-22(31)14-25(20)32)11-21(15-33)29(36)34-10-9-19-16-35-26-6-4-3-5-23(19)26/h3-8,11-14,16,35H,2,9-10,17H2,1H3,(H,34,36)/b21-11-. The molecule has 1 amide bonds. The number of hydrogen-bond donors (Lipinski definition) is 2. The molecule has 1 heterocycles. The van der Waals surface area contributed by atoms with Crippen LogP contribution in [0.2, 0.25) is 10.0 Å². The Morgan fingerprint density at radius 1 is 1.13 bits per heavy atom. The van der Waals surface area contributed by atoms with Gasteiger partial charge in [-0.2, -0.15) is 5.26 Å². The van der Waals surface area contributed by atoms with E-state index in [4.69, 9.17) is 32.7 Å². The number of nitrogens with one attached hydrogen (secondary N) is 2. The van der Waals surface area contributed by atoms with Crippen molar-refractivity contribution in [3.05, 3.63) is 97.6 Å². The molecule has 0 aliphatic rings. The lowest BCUT2D eigenvalue weighted by Crippen LogP contribution is -2.26. The van der Waals surface area contributed by atoms with Crippen LogP contribution in [0.3, 0.4) is 0 Å². The Kier molecular flexibility index (Phi) is 9.35. The van der Waals surface area contributed by atoms with Gasteiger partial charge in [-0.25, -0.2) is 0 Å². The molecule has 1 aromatic heterocycles. The van der Waals surface area contributed by atoms with E-state index >= 15 is 0 Å². The Morgan fingerprint density at radius 3 is 2.71 bits per heavy atom. The van der Waals surface area contributed by atoms with E-state index in [0.29, 0.717) is 51.2 Å². The lowest BCUT2D eigenvalue weighted by molar-refractivity contribution is -0.117. The van der Waals surface area contributed by atoms with Gasteiger partial charge in [-0.05, 0) is 76.8 Å². The zero-order valence-corrected chi connectivity index (χ0v) is 23.6. The summed E-state index contributed by atoms with van der Waals surface area (Å²) in [6.07, 6.45) is 4.10. The van der Waals surface area contributed by atoms with Crippen molar-refractivity contribution in [3.8, 4) is 17.6 Å². The predicted molar refractivity (Wildman–Crippen MR) is 155 cm³/mol. The fraction of sp³-hybridized carbons (Fsp3) is 0.172. The second kappa shape index (κ2) is 12.9. The highest BCUT2D eigenvalue weighted by Gasteiger charge is 2.15. The van der Waals surface area contributed by atoms with Crippen LogP contribution in [0.1, 0.15) is 23.6 Å². The fourth-order valence-corrected chi connectivity index (χ4v) is 4.96.